The number of nitriles is 1. The van der Waals surface area contributed by atoms with Crippen LogP contribution in [0, 0.1) is 11.3 Å². The van der Waals surface area contributed by atoms with Gasteiger partial charge >= 0.3 is 0 Å². The molecule has 1 aliphatic rings. The summed E-state index contributed by atoms with van der Waals surface area (Å²) in [6, 6.07) is 19.0. The molecule has 0 amide bonds. The zero-order chi connectivity index (χ0) is 19.2. The number of hydrogen-bond donors (Lipinski definition) is 0. The summed E-state index contributed by atoms with van der Waals surface area (Å²) in [5.41, 5.74) is 5.84. The highest BCUT2D eigenvalue weighted by Crippen LogP contribution is 2.21. The van der Waals surface area contributed by atoms with Crippen molar-refractivity contribution in [3.63, 3.8) is 0 Å². The average molecular weight is 407 g/mol. The lowest BCUT2D eigenvalue weighted by Crippen LogP contribution is -2.29. The van der Waals surface area contributed by atoms with Gasteiger partial charge in [-0.05, 0) is 67.5 Å². The molecule has 5 heteroatoms. The highest BCUT2D eigenvalue weighted by molar-refractivity contribution is 5.85. The van der Waals surface area contributed by atoms with Crippen molar-refractivity contribution < 1.29 is 0 Å². The number of aromatic nitrogens is 2. The quantitative estimate of drug-likeness (QED) is 0.578. The lowest BCUT2D eigenvalue weighted by atomic mass is 10.1. The lowest BCUT2D eigenvalue weighted by molar-refractivity contribution is 0.578. The van der Waals surface area contributed by atoms with Crippen molar-refractivity contribution in [2.45, 2.75) is 38.6 Å². The number of imidazole rings is 1. The molecule has 0 unspecified atom stereocenters. The Morgan fingerprint density at radius 1 is 0.862 bits per heavy atom. The van der Waals surface area contributed by atoms with Crippen LogP contribution in [0.25, 0.3) is 0 Å². The third kappa shape index (κ3) is 5.40. The second-order valence-corrected chi connectivity index (χ2v) is 7.54. The van der Waals surface area contributed by atoms with Crippen LogP contribution in [0.3, 0.4) is 0 Å². The molecule has 0 bridgehead atoms. The van der Waals surface area contributed by atoms with Gasteiger partial charge < -0.3 is 9.47 Å². The first-order chi connectivity index (χ1) is 13.8. The largest absolute Gasteiger partial charge is 0.372 e. The molecule has 4 nitrogen and oxygen atoms in total. The van der Waals surface area contributed by atoms with E-state index in [1.165, 1.54) is 54.9 Å². The Balaban J connectivity index is 0.00000240. The molecule has 1 aliphatic heterocycles. The van der Waals surface area contributed by atoms with Gasteiger partial charge in [0.1, 0.15) is 0 Å². The maximum absolute atomic E-state index is 8.93. The van der Waals surface area contributed by atoms with Crippen LogP contribution < -0.4 is 4.90 Å². The van der Waals surface area contributed by atoms with Crippen LogP contribution in [0.1, 0.15) is 41.6 Å². The second-order valence-electron chi connectivity index (χ2n) is 7.54. The molecule has 1 aromatic heterocycles. The molecule has 29 heavy (non-hydrogen) atoms. The fourth-order valence-corrected chi connectivity index (χ4v) is 3.88. The zero-order valence-electron chi connectivity index (χ0n) is 16.6. The van der Waals surface area contributed by atoms with Gasteiger partial charge in [-0.3, -0.25) is 0 Å². The molecule has 1 saturated heterocycles. The predicted molar refractivity (Wildman–Crippen MR) is 120 cm³/mol. The summed E-state index contributed by atoms with van der Waals surface area (Å²) in [5, 5.41) is 8.93. The SMILES string of the molecule is Cl.N#Cc1ccc(Cn2cncc2CCc2ccc(N3CCCCC3)cc2)cc1. The maximum atomic E-state index is 8.93. The van der Waals surface area contributed by atoms with Crippen molar-refractivity contribution in [2.24, 2.45) is 0 Å². The number of benzene rings is 2. The summed E-state index contributed by atoms with van der Waals surface area (Å²) in [6.07, 6.45) is 9.83. The standard InChI is InChI=1S/C24H26N4.ClH/c25-16-21-4-6-22(7-5-21)18-28-19-26-17-24(28)13-10-20-8-11-23(12-9-20)27-14-2-1-3-15-27;/h4-9,11-12,17,19H,1-3,10,13-15,18H2;1H. The number of aryl methyl sites for hydroxylation is 2. The molecule has 2 aromatic carbocycles. The number of nitrogens with zero attached hydrogens (tertiary/aromatic N) is 4. The molecule has 3 aromatic rings. The first-order valence-corrected chi connectivity index (χ1v) is 10.1. The molecule has 0 radical (unpaired) electrons. The molecule has 0 spiro atoms. The van der Waals surface area contributed by atoms with Crippen LogP contribution in [0.2, 0.25) is 0 Å². The van der Waals surface area contributed by atoms with Crippen molar-refractivity contribution >= 4 is 18.1 Å². The van der Waals surface area contributed by atoms with E-state index in [9.17, 15) is 0 Å². The molecule has 0 aliphatic carbocycles. The van der Waals surface area contributed by atoms with Crippen LogP contribution in [0.4, 0.5) is 5.69 Å². The summed E-state index contributed by atoms with van der Waals surface area (Å²) in [5.74, 6) is 0. The van der Waals surface area contributed by atoms with E-state index in [0.717, 1.165) is 19.4 Å². The average Bonchev–Trinajstić information content (AvgIpc) is 3.21. The number of piperidine rings is 1. The van der Waals surface area contributed by atoms with Crippen molar-refractivity contribution in [2.75, 3.05) is 18.0 Å². The Morgan fingerprint density at radius 2 is 1.55 bits per heavy atom. The number of halogens is 1. The molecular weight excluding hydrogens is 380 g/mol. The number of anilines is 1. The van der Waals surface area contributed by atoms with Crippen LogP contribution in [0.5, 0.6) is 0 Å². The molecule has 4 rings (SSSR count). The van der Waals surface area contributed by atoms with E-state index in [2.05, 4.69) is 44.8 Å². The Hall–Kier alpha value is -2.77. The normalized spacial score (nSPS) is 13.6. The third-order valence-corrected chi connectivity index (χ3v) is 5.56. The van der Waals surface area contributed by atoms with E-state index in [1.807, 2.05) is 36.8 Å². The van der Waals surface area contributed by atoms with Crippen LogP contribution in [0.15, 0.2) is 61.1 Å². The van der Waals surface area contributed by atoms with Gasteiger partial charge in [0.15, 0.2) is 0 Å². The fourth-order valence-electron chi connectivity index (χ4n) is 3.88. The molecule has 1 fully saturated rings. The molecule has 0 atom stereocenters. The third-order valence-electron chi connectivity index (χ3n) is 5.56. The van der Waals surface area contributed by atoms with Gasteiger partial charge in [0.05, 0.1) is 18.0 Å². The van der Waals surface area contributed by atoms with E-state index < -0.39 is 0 Å². The number of rotatable bonds is 6. The van der Waals surface area contributed by atoms with Crippen molar-refractivity contribution in [1.82, 2.24) is 9.55 Å². The predicted octanol–water partition coefficient (Wildman–Crippen LogP) is 5.00. The first kappa shape index (κ1) is 21.0. The smallest absolute Gasteiger partial charge is 0.0991 e. The minimum Gasteiger partial charge on any atom is -0.372 e. The molecule has 0 saturated carbocycles. The van der Waals surface area contributed by atoms with Crippen molar-refractivity contribution in [3.05, 3.63) is 83.4 Å². The molecule has 150 valence electrons. The number of hydrogen-bond acceptors (Lipinski definition) is 3. The Bertz CT molecular complexity index is 932. The lowest BCUT2D eigenvalue weighted by Gasteiger charge is -2.28. The van der Waals surface area contributed by atoms with Gasteiger partial charge in [-0.1, -0.05) is 24.3 Å². The van der Waals surface area contributed by atoms with Crippen LogP contribution in [-0.2, 0) is 19.4 Å². The van der Waals surface area contributed by atoms with Crippen molar-refractivity contribution in [3.8, 4) is 6.07 Å². The maximum Gasteiger partial charge on any atom is 0.0991 e. The van der Waals surface area contributed by atoms with E-state index in [0.29, 0.717) is 5.56 Å². The Kier molecular flexibility index (Phi) is 7.32. The van der Waals surface area contributed by atoms with Gasteiger partial charge in [-0.2, -0.15) is 5.26 Å². The first-order valence-electron chi connectivity index (χ1n) is 10.1. The monoisotopic (exact) mass is 406 g/mol. The van der Waals surface area contributed by atoms with Gasteiger partial charge in [0, 0.05) is 37.2 Å². The zero-order valence-corrected chi connectivity index (χ0v) is 17.4. The summed E-state index contributed by atoms with van der Waals surface area (Å²) < 4.78 is 2.20. The van der Waals surface area contributed by atoms with Gasteiger partial charge in [0.2, 0.25) is 0 Å². The molecule has 2 heterocycles. The van der Waals surface area contributed by atoms with Crippen molar-refractivity contribution in [1.29, 1.82) is 5.26 Å². The van der Waals surface area contributed by atoms with E-state index >= 15 is 0 Å². The Morgan fingerprint density at radius 3 is 2.24 bits per heavy atom. The van der Waals surface area contributed by atoms with Gasteiger partial charge in [0.25, 0.3) is 0 Å². The van der Waals surface area contributed by atoms with E-state index in [1.54, 1.807) is 0 Å². The second kappa shape index (κ2) is 10.1. The Labute approximate surface area is 179 Å². The highest BCUT2D eigenvalue weighted by atomic mass is 35.5. The summed E-state index contributed by atoms with van der Waals surface area (Å²) >= 11 is 0. The van der Waals surface area contributed by atoms with Gasteiger partial charge in [-0.25, -0.2) is 4.98 Å². The van der Waals surface area contributed by atoms with E-state index in [4.69, 9.17) is 5.26 Å². The molecule has 0 N–H and O–H groups in total. The van der Waals surface area contributed by atoms with Gasteiger partial charge in [-0.15, -0.1) is 12.4 Å². The fraction of sp³-hybridized carbons (Fsp3) is 0.333. The minimum absolute atomic E-state index is 0. The molecular formula is C24H27ClN4. The highest BCUT2D eigenvalue weighted by Gasteiger charge is 2.10. The summed E-state index contributed by atoms with van der Waals surface area (Å²) in [4.78, 5) is 6.84. The minimum atomic E-state index is 0. The van der Waals surface area contributed by atoms with Crippen LogP contribution >= 0.6 is 12.4 Å². The van der Waals surface area contributed by atoms with Crippen LogP contribution in [-0.4, -0.2) is 22.6 Å². The summed E-state index contributed by atoms with van der Waals surface area (Å²) in [7, 11) is 0. The summed E-state index contributed by atoms with van der Waals surface area (Å²) in [6.45, 7) is 3.16. The van der Waals surface area contributed by atoms with E-state index in [-0.39, 0.29) is 12.4 Å². The topological polar surface area (TPSA) is 44.9 Å².